The van der Waals surface area contributed by atoms with Gasteiger partial charge in [-0.05, 0) is 38.1 Å². The quantitative estimate of drug-likeness (QED) is 0.527. The summed E-state index contributed by atoms with van der Waals surface area (Å²) in [5.41, 5.74) is 3.07. The van der Waals surface area contributed by atoms with Crippen LogP contribution in [0.1, 0.15) is 25.2 Å². The molecule has 0 aliphatic carbocycles. The van der Waals surface area contributed by atoms with Crippen molar-refractivity contribution < 1.29 is 0 Å². The largest absolute Gasteiger partial charge is 0.255 e. The van der Waals surface area contributed by atoms with E-state index in [0.29, 0.717) is 0 Å². The Morgan fingerprint density at radius 1 is 1.09 bits per heavy atom. The third-order valence-electron chi connectivity index (χ3n) is 2.56. The summed E-state index contributed by atoms with van der Waals surface area (Å²) >= 11 is 0. The molecule has 1 aromatic heterocycles. The monoisotopic (exact) mass is 291 g/mol. The van der Waals surface area contributed by atoms with E-state index < -0.39 is 0 Å². The summed E-state index contributed by atoms with van der Waals surface area (Å²) in [5.74, 6) is 0. The zero-order chi connectivity index (χ0) is 16.2. The van der Waals surface area contributed by atoms with Crippen LogP contribution in [-0.4, -0.2) is 16.9 Å². The van der Waals surface area contributed by atoms with Gasteiger partial charge in [-0.2, -0.15) is 0 Å². The molecular weight excluding hydrogens is 270 g/mol. The second-order valence-electron chi connectivity index (χ2n) is 4.21. The maximum Gasteiger partial charge on any atom is 0.0894 e. The molecule has 1 aromatic rings. The molecule has 3 heteroatoms. The van der Waals surface area contributed by atoms with Crippen LogP contribution < -0.4 is 0 Å². The molecule has 0 saturated carbocycles. The molecule has 112 valence electrons. The number of rotatable bonds is 7. The number of hydrogen-bond acceptors (Lipinski definition) is 3. The van der Waals surface area contributed by atoms with Gasteiger partial charge in [-0.25, -0.2) is 4.98 Å². The maximum absolute atomic E-state index is 4.64. The predicted molar refractivity (Wildman–Crippen MR) is 97.3 cm³/mol. The standard InChI is InChI=1S/C19H21N3/c1-5-10-16(20-14-7-3)18-12-9-13-19(22-18)17(11-6-2)21-15-8-4/h5-15H,1,3H2,2,4H3/b11-6-,15-8-,16-10-,20-14-,21-17+. The average Bonchev–Trinajstić information content (AvgIpc) is 2.55. The van der Waals surface area contributed by atoms with Crippen LogP contribution in [0.4, 0.5) is 0 Å². The molecule has 22 heavy (non-hydrogen) atoms. The lowest BCUT2D eigenvalue weighted by Crippen LogP contribution is -2.02. The minimum Gasteiger partial charge on any atom is -0.255 e. The van der Waals surface area contributed by atoms with Crippen molar-refractivity contribution in [2.75, 3.05) is 0 Å². The molecule has 0 aliphatic heterocycles. The second kappa shape index (κ2) is 10.00. The number of allylic oxidation sites excluding steroid dienone is 6. The van der Waals surface area contributed by atoms with E-state index in [2.05, 4.69) is 28.1 Å². The third kappa shape index (κ3) is 5.29. The van der Waals surface area contributed by atoms with Crippen molar-refractivity contribution in [1.29, 1.82) is 0 Å². The van der Waals surface area contributed by atoms with Crippen LogP contribution in [0.2, 0.25) is 0 Å². The van der Waals surface area contributed by atoms with Crippen LogP contribution in [0.5, 0.6) is 0 Å². The fourth-order valence-corrected chi connectivity index (χ4v) is 1.67. The molecule has 1 rings (SSSR count). The second-order valence-corrected chi connectivity index (χ2v) is 4.21. The molecule has 0 fully saturated rings. The Morgan fingerprint density at radius 3 is 2.50 bits per heavy atom. The average molecular weight is 291 g/mol. The van der Waals surface area contributed by atoms with Crippen molar-refractivity contribution in [1.82, 2.24) is 4.98 Å². The Kier molecular flexibility index (Phi) is 7.83. The van der Waals surface area contributed by atoms with Crippen molar-refractivity contribution >= 4 is 17.6 Å². The lowest BCUT2D eigenvalue weighted by molar-refractivity contribution is 1.23. The van der Waals surface area contributed by atoms with Gasteiger partial charge < -0.3 is 0 Å². The van der Waals surface area contributed by atoms with Gasteiger partial charge in [-0.1, -0.05) is 43.5 Å². The molecule has 1 heterocycles. The maximum atomic E-state index is 4.64. The highest BCUT2D eigenvalue weighted by atomic mass is 14.8. The summed E-state index contributed by atoms with van der Waals surface area (Å²) in [4.78, 5) is 13.4. The molecule has 3 nitrogen and oxygen atoms in total. The molecule has 0 aromatic carbocycles. The summed E-state index contributed by atoms with van der Waals surface area (Å²) in [6, 6.07) is 5.77. The Morgan fingerprint density at radius 2 is 1.86 bits per heavy atom. The van der Waals surface area contributed by atoms with Gasteiger partial charge in [0.2, 0.25) is 0 Å². The molecule has 0 spiro atoms. The van der Waals surface area contributed by atoms with Gasteiger partial charge in [0.25, 0.3) is 0 Å². The van der Waals surface area contributed by atoms with E-state index in [1.54, 1.807) is 24.6 Å². The zero-order valence-electron chi connectivity index (χ0n) is 13.1. The van der Waals surface area contributed by atoms with E-state index in [0.717, 1.165) is 22.8 Å². The Balaban J connectivity index is 3.32. The topological polar surface area (TPSA) is 37.6 Å². The minimum atomic E-state index is 0.725. The summed E-state index contributed by atoms with van der Waals surface area (Å²) in [6.07, 6.45) is 14.2. The van der Waals surface area contributed by atoms with E-state index in [1.165, 1.54) is 0 Å². The molecule has 0 radical (unpaired) electrons. The van der Waals surface area contributed by atoms with Gasteiger partial charge >= 0.3 is 0 Å². The predicted octanol–water partition coefficient (Wildman–Crippen LogP) is 4.76. The molecule has 0 atom stereocenters. The van der Waals surface area contributed by atoms with Crippen LogP contribution >= 0.6 is 0 Å². The van der Waals surface area contributed by atoms with Crippen LogP contribution in [0.15, 0.2) is 84.0 Å². The molecule has 0 N–H and O–H groups in total. The van der Waals surface area contributed by atoms with Crippen molar-refractivity contribution in [2.24, 2.45) is 9.98 Å². The highest BCUT2D eigenvalue weighted by Crippen LogP contribution is 2.14. The first-order chi connectivity index (χ1) is 10.8. The van der Waals surface area contributed by atoms with Crippen molar-refractivity contribution in [2.45, 2.75) is 13.8 Å². The molecule has 0 saturated heterocycles. The molecule has 0 bridgehead atoms. The summed E-state index contributed by atoms with van der Waals surface area (Å²) < 4.78 is 0. The Hall–Kier alpha value is -2.81. The van der Waals surface area contributed by atoms with Crippen LogP contribution in [0, 0.1) is 0 Å². The smallest absolute Gasteiger partial charge is 0.0894 e. The lowest BCUT2D eigenvalue weighted by atomic mass is 10.2. The summed E-state index contributed by atoms with van der Waals surface area (Å²) in [7, 11) is 0. The highest BCUT2D eigenvalue weighted by molar-refractivity contribution is 6.07. The van der Waals surface area contributed by atoms with E-state index >= 15 is 0 Å². The third-order valence-corrected chi connectivity index (χ3v) is 2.56. The van der Waals surface area contributed by atoms with Gasteiger partial charge in [-0.3, -0.25) is 9.98 Å². The minimum absolute atomic E-state index is 0.725. The van der Waals surface area contributed by atoms with Crippen molar-refractivity contribution in [3.05, 3.63) is 85.4 Å². The lowest BCUT2D eigenvalue weighted by Gasteiger charge is -2.05. The van der Waals surface area contributed by atoms with Gasteiger partial charge in [0, 0.05) is 12.4 Å². The fraction of sp³-hybridized carbons (Fsp3) is 0.105. The SMILES string of the molecule is C=C/C=N\C(=C/C=C)c1cccc(C(/C=C\C)=N/C=C\C)n1. The van der Waals surface area contributed by atoms with Gasteiger partial charge in [-0.15, -0.1) is 0 Å². The normalized spacial score (nSPS) is 13.4. The van der Waals surface area contributed by atoms with E-state index in [4.69, 9.17) is 0 Å². The first-order valence-electron chi connectivity index (χ1n) is 7.04. The van der Waals surface area contributed by atoms with Crippen LogP contribution in [0.3, 0.4) is 0 Å². The van der Waals surface area contributed by atoms with Gasteiger partial charge in [0.05, 0.1) is 22.8 Å². The van der Waals surface area contributed by atoms with Gasteiger partial charge in [0.15, 0.2) is 0 Å². The summed E-state index contributed by atoms with van der Waals surface area (Å²) in [5, 5.41) is 0. The Labute approximate surface area is 132 Å². The zero-order valence-corrected chi connectivity index (χ0v) is 13.1. The number of pyridine rings is 1. The molecule has 0 amide bonds. The van der Waals surface area contributed by atoms with Crippen LogP contribution in [0.25, 0.3) is 5.70 Å². The number of hydrogen-bond donors (Lipinski definition) is 0. The number of nitrogens with zero attached hydrogens (tertiary/aromatic N) is 3. The van der Waals surface area contributed by atoms with Gasteiger partial charge in [0.1, 0.15) is 0 Å². The van der Waals surface area contributed by atoms with Crippen LogP contribution in [-0.2, 0) is 0 Å². The molecule has 0 aliphatic rings. The number of aromatic nitrogens is 1. The van der Waals surface area contributed by atoms with E-state index in [1.807, 2.05) is 56.4 Å². The van der Waals surface area contributed by atoms with Crippen molar-refractivity contribution in [3.8, 4) is 0 Å². The molecule has 0 unspecified atom stereocenters. The van der Waals surface area contributed by atoms with E-state index in [-0.39, 0.29) is 0 Å². The van der Waals surface area contributed by atoms with Crippen molar-refractivity contribution in [3.63, 3.8) is 0 Å². The molecular formula is C19H21N3. The van der Waals surface area contributed by atoms with E-state index in [9.17, 15) is 0 Å². The highest BCUT2D eigenvalue weighted by Gasteiger charge is 2.05. The first kappa shape index (κ1) is 17.2. The fourth-order valence-electron chi connectivity index (χ4n) is 1.67. The summed E-state index contributed by atoms with van der Waals surface area (Å²) in [6.45, 7) is 11.2. The first-order valence-corrected chi connectivity index (χ1v) is 7.04. The Bertz CT molecular complexity index is 642. The number of aliphatic imine (C=N–C) groups is 2.